The van der Waals surface area contributed by atoms with Gasteiger partial charge < -0.3 is 9.16 Å². The summed E-state index contributed by atoms with van der Waals surface area (Å²) >= 11 is 0. The SMILES string of the molecule is CC(C)(C)[Si](C)(C)OC(=O)CC1OCCc2ccccc21. The summed E-state index contributed by atoms with van der Waals surface area (Å²) in [7, 11) is -2.05. The molecule has 0 saturated carbocycles. The number of rotatable bonds is 3. The zero-order valence-electron chi connectivity index (χ0n) is 13.7. The summed E-state index contributed by atoms with van der Waals surface area (Å²) in [5.74, 6) is -0.136. The second kappa shape index (κ2) is 5.93. The Morgan fingerprint density at radius 3 is 2.67 bits per heavy atom. The van der Waals surface area contributed by atoms with Gasteiger partial charge in [0, 0.05) is 0 Å². The lowest BCUT2D eigenvalue weighted by atomic mass is 9.96. The Bertz CT molecular complexity index is 517. The van der Waals surface area contributed by atoms with Crippen molar-refractivity contribution in [3.8, 4) is 0 Å². The number of carbonyl (C=O) groups is 1. The number of carbonyl (C=O) groups excluding carboxylic acids is 1. The van der Waals surface area contributed by atoms with Gasteiger partial charge in [-0.05, 0) is 35.7 Å². The predicted octanol–water partition coefficient (Wildman–Crippen LogP) is 4.24. The van der Waals surface area contributed by atoms with Gasteiger partial charge in [-0.1, -0.05) is 45.0 Å². The number of benzene rings is 1. The number of ether oxygens (including phenoxy) is 1. The Hall–Kier alpha value is -1.13. The fourth-order valence-electron chi connectivity index (χ4n) is 2.28. The Morgan fingerprint density at radius 1 is 1.33 bits per heavy atom. The standard InChI is InChI=1S/C17H26O3Si/c1-17(2,3)21(4,5)20-16(18)12-15-14-9-7-6-8-13(14)10-11-19-15/h6-9,15H,10-12H2,1-5H3. The highest BCUT2D eigenvalue weighted by Crippen LogP contribution is 2.37. The third-order valence-electron chi connectivity index (χ3n) is 4.62. The van der Waals surface area contributed by atoms with E-state index in [0.717, 1.165) is 12.0 Å². The average molecular weight is 306 g/mol. The van der Waals surface area contributed by atoms with Gasteiger partial charge >= 0.3 is 0 Å². The van der Waals surface area contributed by atoms with Crippen LogP contribution in [0.1, 0.15) is 44.4 Å². The Labute approximate surface area is 128 Å². The fourth-order valence-corrected chi connectivity index (χ4v) is 3.24. The highest BCUT2D eigenvalue weighted by atomic mass is 28.4. The molecule has 0 aromatic heterocycles. The van der Waals surface area contributed by atoms with Crippen LogP contribution in [0.5, 0.6) is 0 Å². The quantitative estimate of drug-likeness (QED) is 0.784. The van der Waals surface area contributed by atoms with Crippen LogP contribution in [0.25, 0.3) is 0 Å². The average Bonchev–Trinajstić information content (AvgIpc) is 2.37. The molecule has 1 aliphatic rings. The van der Waals surface area contributed by atoms with E-state index in [1.807, 2.05) is 12.1 Å². The zero-order valence-corrected chi connectivity index (χ0v) is 14.7. The normalized spacial score (nSPS) is 19.0. The van der Waals surface area contributed by atoms with Crippen LogP contribution in [0.15, 0.2) is 24.3 Å². The molecule has 2 rings (SSSR count). The van der Waals surface area contributed by atoms with Gasteiger partial charge in [0.25, 0.3) is 14.3 Å². The van der Waals surface area contributed by atoms with Gasteiger partial charge in [-0.2, -0.15) is 0 Å². The maximum Gasteiger partial charge on any atom is 0.295 e. The van der Waals surface area contributed by atoms with E-state index in [1.165, 1.54) is 5.56 Å². The molecule has 0 amide bonds. The van der Waals surface area contributed by atoms with Gasteiger partial charge in [0.15, 0.2) is 0 Å². The van der Waals surface area contributed by atoms with Crippen molar-refractivity contribution in [1.29, 1.82) is 0 Å². The third-order valence-corrected chi connectivity index (χ3v) is 8.97. The second-order valence-electron chi connectivity index (χ2n) is 7.25. The minimum Gasteiger partial charge on any atom is -0.519 e. The monoisotopic (exact) mass is 306 g/mol. The Kier molecular flexibility index (Phi) is 4.59. The number of hydrogen-bond acceptors (Lipinski definition) is 3. The van der Waals surface area contributed by atoms with Crippen molar-refractivity contribution in [3.63, 3.8) is 0 Å². The molecule has 1 atom stereocenters. The molecule has 0 fully saturated rings. The van der Waals surface area contributed by atoms with Crippen molar-refractivity contribution >= 4 is 14.3 Å². The number of fused-ring (bicyclic) bond motifs is 1. The van der Waals surface area contributed by atoms with Crippen LogP contribution in [0.3, 0.4) is 0 Å². The van der Waals surface area contributed by atoms with E-state index in [1.54, 1.807) is 0 Å². The van der Waals surface area contributed by atoms with Gasteiger partial charge in [-0.3, -0.25) is 4.79 Å². The van der Waals surface area contributed by atoms with E-state index in [0.29, 0.717) is 13.0 Å². The fraction of sp³-hybridized carbons (Fsp3) is 0.588. The lowest BCUT2D eigenvalue weighted by Gasteiger charge is -2.36. The molecule has 1 aromatic rings. The first-order chi connectivity index (χ1) is 9.71. The highest BCUT2D eigenvalue weighted by molar-refractivity contribution is 6.75. The summed E-state index contributed by atoms with van der Waals surface area (Å²) in [4.78, 5) is 12.3. The van der Waals surface area contributed by atoms with Gasteiger partial charge in [0.1, 0.15) is 0 Å². The molecule has 0 saturated heterocycles. The second-order valence-corrected chi connectivity index (χ2v) is 12.0. The third kappa shape index (κ3) is 3.74. The van der Waals surface area contributed by atoms with Crippen molar-refractivity contribution in [1.82, 2.24) is 0 Å². The van der Waals surface area contributed by atoms with E-state index < -0.39 is 8.32 Å². The van der Waals surface area contributed by atoms with Crippen molar-refractivity contribution in [2.75, 3.05) is 6.61 Å². The molecule has 1 aromatic carbocycles. The maximum absolute atomic E-state index is 12.3. The molecule has 21 heavy (non-hydrogen) atoms. The van der Waals surface area contributed by atoms with E-state index >= 15 is 0 Å². The van der Waals surface area contributed by atoms with Crippen molar-refractivity contribution in [2.24, 2.45) is 0 Å². The van der Waals surface area contributed by atoms with Gasteiger partial charge in [-0.15, -0.1) is 0 Å². The molecular formula is C17H26O3Si. The highest BCUT2D eigenvalue weighted by Gasteiger charge is 2.40. The lowest BCUT2D eigenvalue weighted by Crippen LogP contribution is -2.43. The molecule has 3 nitrogen and oxygen atoms in total. The van der Waals surface area contributed by atoms with Crippen molar-refractivity contribution < 1.29 is 14.0 Å². The molecule has 116 valence electrons. The summed E-state index contributed by atoms with van der Waals surface area (Å²) < 4.78 is 11.6. The summed E-state index contributed by atoms with van der Waals surface area (Å²) in [5.41, 5.74) is 2.42. The van der Waals surface area contributed by atoms with E-state index in [-0.39, 0.29) is 17.1 Å². The molecular weight excluding hydrogens is 280 g/mol. The summed E-state index contributed by atoms with van der Waals surface area (Å²) in [5, 5.41) is 0.0357. The predicted molar refractivity (Wildman–Crippen MR) is 86.7 cm³/mol. The minimum absolute atomic E-state index is 0.0357. The van der Waals surface area contributed by atoms with Crippen LogP contribution in [0.4, 0.5) is 0 Å². The van der Waals surface area contributed by atoms with Crippen LogP contribution in [0.2, 0.25) is 18.1 Å². The van der Waals surface area contributed by atoms with Crippen LogP contribution in [-0.4, -0.2) is 20.9 Å². The Morgan fingerprint density at radius 2 is 2.00 bits per heavy atom. The smallest absolute Gasteiger partial charge is 0.295 e. The van der Waals surface area contributed by atoms with Crippen LogP contribution >= 0.6 is 0 Å². The summed E-state index contributed by atoms with van der Waals surface area (Å²) in [6.07, 6.45) is 1.07. The molecule has 0 aliphatic carbocycles. The molecule has 0 radical (unpaired) electrons. The molecule has 1 aliphatic heterocycles. The van der Waals surface area contributed by atoms with Gasteiger partial charge in [0.05, 0.1) is 19.1 Å². The Balaban J connectivity index is 2.05. The first kappa shape index (κ1) is 16.2. The minimum atomic E-state index is -2.05. The van der Waals surface area contributed by atoms with Gasteiger partial charge in [0.2, 0.25) is 0 Å². The van der Waals surface area contributed by atoms with Crippen molar-refractivity contribution in [3.05, 3.63) is 35.4 Å². The maximum atomic E-state index is 12.3. The van der Waals surface area contributed by atoms with Crippen LogP contribution in [-0.2, 0) is 20.4 Å². The molecule has 0 spiro atoms. The molecule has 4 heteroatoms. The van der Waals surface area contributed by atoms with Crippen LogP contribution in [0, 0.1) is 0 Å². The van der Waals surface area contributed by atoms with Gasteiger partial charge in [-0.25, -0.2) is 0 Å². The summed E-state index contributed by atoms with van der Waals surface area (Å²) in [6, 6.07) is 8.21. The zero-order chi connectivity index (χ0) is 15.7. The van der Waals surface area contributed by atoms with Crippen LogP contribution < -0.4 is 0 Å². The van der Waals surface area contributed by atoms with Crippen molar-refractivity contribution in [2.45, 2.75) is 57.8 Å². The topological polar surface area (TPSA) is 35.5 Å². The van der Waals surface area contributed by atoms with E-state index in [9.17, 15) is 4.79 Å². The first-order valence-electron chi connectivity index (χ1n) is 7.62. The first-order valence-corrected chi connectivity index (χ1v) is 10.5. The molecule has 0 N–H and O–H groups in total. The largest absolute Gasteiger partial charge is 0.519 e. The summed E-state index contributed by atoms with van der Waals surface area (Å²) in [6.45, 7) is 11.3. The molecule has 1 unspecified atom stereocenters. The van der Waals surface area contributed by atoms with E-state index in [4.69, 9.17) is 9.16 Å². The molecule has 0 bridgehead atoms. The molecule has 1 heterocycles. The lowest BCUT2D eigenvalue weighted by molar-refractivity contribution is -0.139. The number of hydrogen-bond donors (Lipinski definition) is 0. The van der Waals surface area contributed by atoms with E-state index in [2.05, 4.69) is 46.0 Å².